The van der Waals surface area contributed by atoms with Crippen molar-refractivity contribution < 1.29 is 10.2 Å². The Bertz CT molecular complexity index is 504. The van der Waals surface area contributed by atoms with Crippen LogP contribution in [-0.2, 0) is 12.8 Å². The Morgan fingerprint density at radius 1 is 0.889 bits per heavy atom. The molecule has 0 aliphatic heterocycles. The largest absolute Gasteiger partial charge is 0.508 e. The summed E-state index contributed by atoms with van der Waals surface area (Å²) in [6, 6.07) is 17.0. The van der Waals surface area contributed by atoms with Crippen LogP contribution in [-0.4, -0.2) is 15.8 Å². The minimum atomic E-state index is -0.810. The van der Waals surface area contributed by atoms with Gasteiger partial charge in [-0.15, -0.1) is 0 Å². The number of hydrogen-bond acceptors (Lipinski definition) is 2. The Balaban J connectivity index is 2.07. The molecule has 2 aromatic carbocycles. The molecule has 1 unspecified atom stereocenters. The monoisotopic (exact) mass is 242 g/mol. The van der Waals surface area contributed by atoms with Gasteiger partial charge in [-0.2, -0.15) is 0 Å². The average Bonchev–Trinajstić information content (AvgIpc) is 2.28. The highest BCUT2D eigenvalue weighted by molar-refractivity contribution is 5.28. The van der Waals surface area contributed by atoms with Crippen LogP contribution < -0.4 is 0 Å². The van der Waals surface area contributed by atoms with Crippen molar-refractivity contribution >= 4 is 0 Å². The van der Waals surface area contributed by atoms with Crippen LogP contribution >= 0.6 is 0 Å². The Morgan fingerprint density at radius 2 is 1.50 bits per heavy atom. The molecule has 18 heavy (non-hydrogen) atoms. The Labute approximate surface area is 108 Å². The number of rotatable bonds is 4. The highest BCUT2D eigenvalue weighted by Gasteiger charge is 2.21. The Hall–Kier alpha value is -1.80. The quantitative estimate of drug-likeness (QED) is 0.865. The summed E-state index contributed by atoms with van der Waals surface area (Å²) in [6.45, 7) is 1.82. The van der Waals surface area contributed by atoms with Crippen LogP contribution in [0.1, 0.15) is 18.1 Å². The van der Waals surface area contributed by atoms with Crippen LogP contribution in [0.3, 0.4) is 0 Å². The number of phenols is 1. The fraction of sp³-hybridized carbons (Fsp3) is 0.250. The van der Waals surface area contributed by atoms with Gasteiger partial charge in [0.25, 0.3) is 0 Å². The van der Waals surface area contributed by atoms with E-state index in [4.69, 9.17) is 0 Å². The van der Waals surface area contributed by atoms with Gasteiger partial charge in [0.15, 0.2) is 0 Å². The summed E-state index contributed by atoms with van der Waals surface area (Å²) in [6.07, 6.45) is 1.12. The van der Waals surface area contributed by atoms with Gasteiger partial charge < -0.3 is 10.2 Å². The molecule has 0 saturated heterocycles. The van der Waals surface area contributed by atoms with Crippen molar-refractivity contribution in [1.29, 1.82) is 0 Å². The fourth-order valence-electron chi connectivity index (χ4n) is 2.20. The van der Waals surface area contributed by atoms with Crippen LogP contribution in [0, 0.1) is 0 Å². The molecule has 0 fully saturated rings. The summed E-state index contributed by atoms with van der Waals surface area (Å²) in [4.78, 5) is 0. The van der Waals surface area contributed by atoms with Gasteiger partial charge in [0, 0.05) is 12.8 Å². The SMILES string of the molecule is CC(O)(Cc1ccccc1)Cc1cccc(O)c1. The predicted octanol–water partition coefficient (Wildman–Crippen LogP) is 2.93. The van der Waals surface area contributed by atoms with E-state index in [0.717, 1.165) is 11.1 Å². The molecule has 2 heteroatoms. The lowest BCUT2D eigenvalue weighted by molar-refractivity contribution is 0.0608. The lowest BCUT2D eigenvalue weighted by Gasteiger charge is -2.23. The molecule has 2 nitrogen and oxygen atoms in total. The molecule has 0 bridgehead atoms. The van der Waals surface area contributed by atoms with Gasteiger partial charge in [-0.25, -0.2) is 0 Å². The molecule has 0 saturated carbocycles. The summed E-state index contributed by atoms with van der Waals surface area (Å²) in [7, 11) is 0. The number of phenolic OH excluding ortho intramolecular Hbond substituents is 1. The first-order chi connectivity index (χ1) is 8.55. The van der Waals surface area contributed by atoms with E-state index < -0.39 is 5.60 Å². The van der Waals surface area contributed by atoms with Crippen molar-refractivity contribution in [2.75, 3.05) is 0 Å². The fourth-order valence-corrected chi connectivity index (χ4v) is 2.20. The highest BCUT2D eigenvalue weighted by atomic mass is 16.3. The number of aliphatic hydroxyl groups is 1. The molecule has 0 radical (unpaired) electrons. The maximum atomic E-state index is 10.4. The zero-order valence-corrected chi connectivity index (χ0v) is 10.5. The van der Waals surface area contributed by atoms with E-state index in [1.165, 1.54) is 0 Å². The number of hydrogen-bond donors (Lipinski definition) is 2. The van der Waals surface area contributed by atoms with E-state index >= 15 is 0 Å². The van der Waals surface area contributed by atoms with Crippen LogP contribution in [0.4, 0.5) is 0 Å². The first-order valence-electron chi connectivity index (χ1n) is 6.09. The summed E-state index contributed by atoms with van der Waals surface area (Å²) in [5.41, 5.74) is 1.24. The van der Waals surface area contributed by atoms with E-state index in [-0.39, 0.29) is 5.75 Å². The van der Waals surface area contributed by atoms with Crippen LogP contribution in [0.5, 0.6) is 5.75 Å². The first kappa shape index (κ1) is 12.7. The number of benzene rings is 2. The minimum absolute atomic E-state index is 0.239. The zero-order chi connectivity index (χ0) is 13.0. The molecular formula is C16H18O2. The second kappa shape index (κ2) is 5.23. The topological polar surface area (TPSA) is 40.5 Å². The summed E-state index contributed by atoms with van der Waals surface area (Å²) >= 11 is 0. The van der Waals surface area contributed by atoms with Gasteiger partial charge in [0.2, 0.25) is 0 Å². The third-order valence-corrected chi connectivity index (χ3v) is 2.92. The summed E-state index contributed by atoms with van der Waals surface area (Å²) in [5.74, 6) is 0.239. The summed E-state index contributed by atoms with van der Waals surface area (Å²) < 4.78 is 0. The highest BCUT2D eigenvalue weighted by Crippen LogP contribution is 2.20. The smallest absolute Gasteiger partial charge is 0.115 e. The second-order valence-corrected chi connectivity index (χ2v) is 5.01. The van der Waals surface area contributed by atoms with Crippen molar-refractivity contribution in [3.63, 3.8) is 0 Å². The molecule has 0 heterocycles. The molecule has 2 rings (SSSR count). The normalized spacial score (nSPS) is 14.1. The predicted molar refractivity (Wildman–Crippen MR) is 72.6 cm³/mol. The third kappa shape index (κ3) is 3.60. The molecule has 0 amide bonds. The molecule has 0 spiro atoms. The molecule has 94 valence electrons. The average molecular weight is 242 g/mol. The van der Waals surface area contributed by atoms with Gasteiger partial charge in [-0.1, -0.05) is 42.5 Å². The maximum Gasteiger partial charge on any atom is 0.115 e. The van der Waals surface area contributed by atoms with Crippen molar-refractivity contribution in [3.8, 4) is 5.75 Å². The Kier molecular flexibility index (Phi) is 3.68. The maximum absolute atomic E-state index is 10.4. The molecule has 2 aromatic rings. The second-order valence-electron chi connectivity index (χ2n) is 5.01. The lowest BCUT2D eigenvalue weighted by atomic mass is 9.90. The molecular weight excluding hydrogens is 224 g/mol. The van der Waals surface area contributed by atoms with Crippen molar-refractivity contribution in [2.45, 2.75) is 25.4 Å². The van der Waals surface area contributed by atoms with Crippen LogP contribution in [0.2, 0.25) is 0 Å². The standard InChI is InChI=1S/C16H18O2/c1-16(18,11-13-6-3-2-4-7-13)12-14-8-5-9-15(17)10-14/h2-10,17-18H,11-12H2,1H3. The van der Waals surface area contributed by atoms with Gasteiger partial charge in [0.1, 0.15) is 5.75 Å². The first-order valence-corrected chi connectivity index (χ1v) is 6.09. The van der Waals surface area contributed by atoms with Crippen LogP contribution in [0.15, 0.2) is 54.6 Å². The van der Waals surface area contributed by atoms with E-state index in [2.05, 4.69) is 0 Å². The minimum Gasteiger partial charge on any atom is -0.508 e. The Morgan fingerprint density at radius 3 is 2.17 bits per heavy atom. The van der Waals surface area contributed by atoms with E-state index in [1.807, 2.05) is 43.3 Å². The van der Waals surface area contributed by atoms with Gasteiger partial charge in [-0.3, -0.25) is 0 Å². The van der Waals surface area contributed by atoms with E-state index in [9.17, 15) is 10.2 Å². The van der Waals surface area contributed by atoms with Crippen molar-refractivity contribution in [1.82, 2.24) is 0 Å². The van der Waals surface area contributed by atoms with Crippen molar-refractivity contribution in [2.24, 2.45) is 0 Å². The van der Waals surface area contributed by atoms with Crippen LogP contribution in [0.25, 0.3) is 0 Å². The zero-order valence-electron chi connectivity index (χ0n) is 10.5. The van der Waals surface area contributed by atoms with Gasteiger partial charge in [0.05, 0.1) is 5.60 Å². The van der Waals surface area contributed by atoms with Gasteiger partial charge >= 0.3 is 0 Å². The van der Waals surface area contributed by atoms with E-state index in [1.54, 1.807) is 18.2 Å². The van der Waals surface area contributed by atoms with E-state index in [0.29, 0.717) is 12.8 Å². The third-order valence-electron chi connectivity index (χ3n) is 2.92. The molecule has 0 aromatic heterocycles. The molecule has 1 atom stereocenters. The molecule has 0 aliphatic rings. The lowest BCUT2D eigenvalue weighted by Crippen LogP contribution is -2.30. The molecule has 2 N–H and O–H groups in total. The van der Waals surface area contributed by atoms with Crippen molar-refractivity contribution in [3.05, 3.63) is 65.7 Å². The molecule has 0 aliphatic carbocycles. The number of aromatic hydroxyl groups is 1. The summed E-state index contributed by atoms with van der Waals surface area (Å²) in [5, 5.41) is 19.8. The van der Waals surface area contributed by atoms with Gasteiger partial charge in [-0.05, 0) is 30.2 Å².